The summed E-state index contributed by atoms with van der Waals surface area (Å²) in [4.78, 5) is 19.4. The van der Waals surface area contributed by atoms with E-state index in [1.165, 1.54) is 24.2 Å². The summed E-state index contributed by atoms with van der Waals surface area (Å²) in [7, 11) is 1.63. The number of fused-ring (bicyclic) bond motifs is 1. The van der Waals surface area contributed by atoms with Crippen LogP contribution in [0.2, 0.25) is 10.0 Å². The van der Waals surface area contributed by atoms with Gasteiger partial charge in [0.15, 0.2) is 11.5 Å². The zero-order valence-electron chi connectivity index (χ0n) is 19.0. The fourth-order valence-electron chi connectivity index (χ4n) is 4.55. The predicted molar refractivity (Wildman–Crippen MR) is 139 cm³/mol. The molecule has 0 unspecified atom stereocenters. The number of hydrogen-bond acceptors (Lipinski definition) is 5. The van der Waals surface area contributed by atoms with Crippen molar-refractivity contribution in [3.63, 3.8) is 0 Å². The van der Waals surface area contributed by atoms with Crippen LogP contribution in [0.1, 0.15) is 28.1 Å². The van der Waals surface area contributed by atoms with Crippen LogP contribution in [0, 0.1) is 0 Å². The highest BCUT2D eigenvalue weighted by molar-refractivity contribution is 7.17. The second-order valence-electron chi connectivity index (χ2n) is 8.53. The first-order valence-corrected chi connectivity index (χ1v) is 13.0. The van der Waals surface area contributed by atoms with Gasteiger partial charge in [-0.3, -0.25) is 9.69 Å². The largest absolute Gasteiger partial charge is 0.493 e. The zero-order valence-corrected chi connectivity index (χ0v) is 21.3. The summed E-state index contributed by atoms with van der Waals surface area (Å²) in [5, 5.41) is 1.18. The number of amides is 1. The average Bonchev–Trinajstić information content (AvgIpc) is 3.50. The Labute approximate surface area is 213 Å². The van der Waals surface area contributed by atoms with E-state index in [2.05, 4.69) is 11.0 Å². The Bertz CT molecular complexity index is 1210. The highest BCUT2D eigenvalue weighted by atomic mass is 35.5. The molecule has 3 heterocycles. The first-order valence-electron chi connectivity index (χ1n) is 11.5. The molecule has 178 valence electrons. The third-order valence-electron chi connectivity index (χ3n) is 6.37. The Morgan fingerprint density at radius 3 is 2.59 bits per heavy atom. The second kappa shape index (κ2) is 10.2. The van der Waals surface area contributed by atoms with Gasteiger partial charge in [0.2, 0.25) is 0 Å². The quantitative estimate of drug-likeness (QED) is 0.363. The summed E-state index contributed by atoms with van der Waals surface area (Å²) in [5.74, 6) is 1.33. The van der Waals surface area contributed by atoms with Crippen LogP contribution in [0.15, 0.2) is 42.5 Å². The topological polar surface area (TPSA) is 42.0 Å². The molecule has 0 atom stereocenters. The number of rotatable bonds is 7. The van der Waals surface area contributed by atoms with Gasteiger partial charge >= 0.3 is 0 Å². The van der Waals surface area contributed by atoms with Crippen LogP contribution in [0.5, 0.6) is 11.5 Å². The Balaban J connectivity index is 1.33. The summed E-state index contributed by atoms with van der Waals surface area (Å²) in [5.41, 5.74) is 2.75. The van der Waals surface area contributed by atoms with Gasteiger partial charge in [-0.2, -0.15) is 0 Å². The molecule has 0 saturated carbocycles. The van der Waals surface area contributed by atoms with Gasteiger partial charge in [0.25, 0.3) is 5.91 Å². The fourth-order valence-corrected chi connectivity index (χ4v) is 6.32. The van der Waals surface area contributed by atoms with E-state index in [0.717, 1.165) is 52.6 Å². The van der Waals surface area contributed by atoms with Crippen LogP contribution in [0.4, 0.5) is 5.69 Å². The second-order valence-corrected chi connectivity index (χ2v) is 10.4. The molecule has 1 aromatic heterocycles. The number of likely N-dealkylation sites (tertiary alicyclic amines) is 1. The number of benzene rings is 2. The predicted octanol–water partition coefficient (Wildman–Crippen LogP) is 6.41. The van der Waals surface area contributed by atoms with Gasteiger partial charge in [0, 0.05) is 40.3 Å². The minimum atomic E-state index is -0.00709. The van der Waals surface area contributed by atoms with Crippen molar-refractivity contribution in [3.05, 3.63) is 63.0 Å². The van der Waals surface area contributed by atoms with Crippen molar-refractivity contribution in [2.24, 2.45) is 0 Å². The number of ether oxygens (including phenoxy) is 2. The number of hydrogen-bond donors (Lipinski definition) is 0. The molecule has 8 heteroatoms. The molecule has 3 aromatic rings. The van der Waals surface area contributed by atoms with Crippen LogP contribution in [-0.4, -0.2) is 50.7 Å². The van der Waals surface area contributed by atoms with Crippen LogP contribution in [0.25, 0.3) is 10.4 Å². The molecule has 1 amide bonds. The van der Waals surface area contributed by atoms with Crippen molar-refractivity contribution in [3.8, 4) is 21.9 Å². The van der Waals surface area contributed by atoms with E-state index in [0.29, 0.717) is 34.7 Å². The fraction of sp³-hybridized carbons (Fsp3) is 0.346. The molecule has 0 aliphatic carbocycles. The Morgan fingerprint density at radius 1 is 1.00 bits per heavy atom. The summed E-state index contributed by atoms with van der Waals surface area (Å²) < 4.78 is 11.6. The molecule has 1 saturated heterocycles. The summed E-state index contributed by atoms with van der Waals surface area (Å²) >= 11 is 13.9. The lowest BCUT2D eigenvalue weighted by Gasteiger charge is -2.27. The number of halogens is 2. The normalized spacial score (nSPS) is 16.1. The lowest BCUT2D eigenvalue weighted by molar-refractivity contribution is 0.0985. The highest BCUT2D eigenvalue weighted by Crippen LogP contribution is 2.40. The molecule has 0 bridgehead atoms. The van der Waals surface area contributed by atoms with Crippen LogP contribution in [-0.2, 0) is 6.42 Å². The molecule has 2 aliphatic rings. The number of methoxy groups -OCH3 is 1. The first-order chi connectivity index (χ1) is 16.5. The SMILES string of the molecule is COc1cc(N2CCc3cc(-c4ccc(Cl)cc4Cl)sc3C2=O)ccc1OCCN1CCCC1. The van der Waals surface area contributed by atoms with E-state index in [4.69, 9.17) is 32.7 Å². The molecule has 34 heavy (non-hydrogen) atoms. The van der Waals surface area contributed by atoms with Crippen LogP contribution < -0.4 is 14.4 Å². The van der Waals surface area contributed by atoms with Gasteiger partial charge in [0.1, 0.15) is 6.61 Å². The van der Waals surface area contributed by atoms with Crippen LogP contribution in [0.3, 0.4) is 0 Å². The summed E-state index contributed by atoms with van der Waals surface area (Å²) in [6.07, 6.45) is 3.31. The summed E-state index contributed by atoms with van der Waals surface area (Å²) in [6, 6.07) is 13.2. The molecule has 2 aromatic carbocycles. The maximum Gasteiger partial charge on any atom is 0.268 e. The van der Waals surface area contributed by atoms with Crippen molar-refractivity contribution in [1.82, 2.24) is 4.90 Å². The van der Waals surface area contributed by atoms with E-state index in [9.17, 15) is 4.79 Å². The van der Waals surface area contributed by atoms with Gasteiger partial charge in [-0.15, -0.1) is 11.3 Å². The smallest absolute Gasteiger partial charge is 0.268 e. The Hall–Kier alpha value is -2.25. The molecule has 2 aliphatic heterocycles. The maximum absolute atomic E-state index is 13.4. The third kappa shape index (κ3) is 4.78. The molecule has 0 N–H and O–H groups in total. The molecule has 5 nitrogen and oxygen atoms in total. The lowest BCUT2D eigenvalue weighted by atomic mass is 10.1. The van der Waals surface area contributed by atoms with Crippen molar-refractivity contribution in [1.29, 1.82) is 0 Å². The monoisotopic (exact) mass is 516 g/mol. The van der Waals surface area contributed by atoms with Crippen molar-refractivity contribution < 1.29 is 14.3 Å². The highest BCUT2D eigenvalue weighted by Gasteiger charge is 2.29. The lowest BCUT2D eigenvalue weighted by Crippen LogP contribution is -2.36. The Kier molecular flexibility index (Phi) is 7.02. The van der Waals surface area contributed by atoms with Gasteiger partial charge < -0.3 is 14.4 Å². The first kappa shape index (κ1) is 23.5. The van der Waals surface area contributed by atoms with E-state index in [-0.39, 0.29) is 5.91 Å². The van der Waals surface area contributed by atoms with Gasteiger partial charge in [-0.05, 0) is 68.2 Å². The zero-order chi connectivity index (χ0) is 23.7. The van der Waals surface area contributed by atoms with E-state index in [1.807, 2.05) is 35.2 Å². The molecular weight excluding hydrogens is 491 g/mol. The average molecular weight is 517 g/mol. The number of thiophene rings is 1. The number of nitrogens with zero attached hydrogens (tertiary/aromatic N) is 2. The van der Waals surface area contributed by atoms with Crippen molar-refractivity contribution in [2.75, 3.05) is 44.8 Å². The summed E-state index contributed by atoms with van der Waals surface area (Å²) in [6.45, 7) is 4.43. The standard InChI is InChI=1S/C26H26Cl2N2O3S/c1-32-23-16-19(5-7-22(23)33-13-12-29-9-2-3-10-29)30-11-8-17-14-24(34-25(17)26(30)31)20-6-4-18(27)15-21(20)28/h4-7,14-16H,2-3,8-13H2,1H3. The Morgan fingerprint density at radius 2 is 1.82 bits per heavy atom. The molecule has 0 radical (unpaired) electrons. The minimum Gasteiger partial charge on any atom is -0.493 e. The van der Waals surface area contributed by atoms with E-state index >= 15 is 0 Å². The van der Waals surface area contributed by atoms with Crippen molar-refractivity contribution in [2.45, 2.75) is 19.3 Å². The van der Waals surface area contributed by atoms with Gasteiger partial charge in [0.05, 0.1) is 17.0 Å². The molecule has 1 fully saturated rings. The number of carbonyl (C=O) groups is 1. The maximum atomic E-state index is 13.4. The minimum absolute atomic E-state index is 0.00709. The molecule has 0 spiro atoms. The number of carbonyl (C=O) groups excluding carboxylic acids is 1. The van der Waals surface area contributed by atoms with Crippen LogP contribution >= 0.6 is 34.5 Å². The van der Waals surface area contributed by atoms with Gasteiger partial charge in [-0.1, -0.05) is 29.3 Å². The molecule has 5 rings (SSSR count). The van der Waals surface area contributed by atoms with Gasteiger partial charge in [-0.25, -0.2) is 0 Å². The van der Waals surface area contributed by atoms with Crippen molar-refractivity contribution >= 4 is 46.1 Å². The number of anilines is 1. The van der Waals surface area contributed by atoms with E-state index < -0.39 is 0 Å². The van der Waals surface area contributed by atoms with E-state index in [1.54, 1.807) is 13.2 Å². The molecular formula is C26H26Cl2N2O3S. The third-order valence-corrected chi connectivity index (χ3v) is 8.12.